The summed E-state index contributed by atoms with van der Waals surface area (Å²) in [5, 5.41) is 2.55. The molecule has 2 heteroatoms. The fraction of sp³-hybridized carbons (Fsp3) is 0. The highest BCUT2D eigenvalue weighted by Gasteiger charge is 1.99. The molecule has 0 spiro atoms. The average Bonchev–Trinajstić information content (AvgIpc) is 3.07. The summed E-state index contributed by atoms with van der Waals surface area (Å²) in [5.74, 6) is 6.58. The van der Waals surface area contributed by atoms with Crippen LogP contribution in [0.4, 0.5) is 0 Å². The van der Waals surface area contributed by atoms with Crippen LogP contribution >= 0.6 is 22.7 Å². The normalized spacial score (nSPS) is 10.6. The van der Waals surface area contributed by atoms with Gasteiger partial charge in [0.15, 0.2) is 0 Å². The predicted molar refractivity (Wildman–Crippen MR) is 89.6 cm³/mol. The number of thiophene rings is 2. The summed E-state index contributed by atoms with van der Waals surface area (Å²) in [7, 11) is 0. The van der Waals surface area contributed by atoms with E-state index in [1.165, 1.54) is 20.2 Å². The van der Waals surface area contributed by atoms with Gasteiger partial charge < -0.3 is 0 Å². The van der Waals surface area contributed by atoms with Gasteiger partial charge in [-0.2, -0.15) is 0 Å². The molecule has 0 atom stereocenters. The van der Waals surface area contributed by atoms with Crippen molar-refractivity contribution in [2.75, 3.05) is 0 Å². The Kier molecular flexibility index (Phi) is 2.81. The summed E-state index contributed by atoms with van der Waals surface area (Å²) in [6.45, 7) is 0. The van der Waals surface area contributed by atoms with Gasteiger partial charge >= 0.3 is 0 Å². The first-order valence-corrected chi connectivity index (χ1v) is 8.01. The van der Waals surface area contributed by atoms with Crippen LogP contribution in [0.1, 0.15) is 9.75 Å². The zero-order valence-corrected chi connectivity index (χ0v) is 12.2. The van der Waals surface area contributed by atoms with Crippen LogP contribution in [0, 0.1) is 11.8 Å². The maximum absolute atomic E-state index is 3.29. The molecule has 20 heavy (non-hydrogen) atoms. The van der Waals surface area contributed by atoms with Gasteiger partial charge in [0.05, 0.1) is 9.75 Å². The van der Waals surface area contributed by atoms with Crippen molar-refractivity contribution >= 4 is 42.8 Å². The van der Waals surface area contributed by atoms with E-state index in [-0.39, 0.29) is 0 Å². The Hall–Kier alpha value is -2.08. The lowest BCUT2D eigenvalue weighted by Crippen LogP contribution is -1.62. The van der Waals surface area contributed by atoms with E-state index < -0.39 is 0 Å². The number of hydrogen-bond donors (Lipinski definition) is 0. The fourth-order valence-corrected chi connectivity index (χ4v) is 4.04. The minimum absolute atomic E-state index is 1.13. The average molecular weight is 290 g/mol. The molecule has 2 aromatic carbocycles. The topological polar surface area (TPSA) is 0 Å². The molecule has 2 aromatic heterocycles. The van der Waals surface area contributed by atoms with E-state index >= 15 is 0 Å². The fourth-order valence-electron chi connectivity index (χ4n) is 2.21. The van der Waals surface area contributed by atoms with Gasteiger partial charge in [0.1, 0.15) is 0 Å². The van der Waals surface area contributed by atoms with Crippen molar-refractivity contribution in [2.45, 2.75) is 0 Å². The first kappa shape index (κ1) is 11.7. The molecular formula is C18H10S2. The number of hydrogen-bond acceptors (Lipinski definition) is 2. The molecule has 0 unspecified atom stereocenters. The van der Waals surface area contributed by atoms with E-state index in [1.54, 1.807) is 22.7 Å². The maximum atomic E-state index is 3.29. The van der Waals surface area contributed by atoms with Crippen LogP contribution in [0.25, 0.3) is 20.2 Å². The molecule has 0 saturated heterocycles. The van der Waals surface area contributed by atoms with Crippen molar-refractivity contribution in [3.63, 3.8) is 0 Å². The molecule has 0 saturated carbocycles. The van der Waals surface area contributed by atoms with E-state index in [9.17, 15) is 0 Å². The Labute approximate surface area is 125 Å². The molecule has 0 fully saturated rings. The van der Waals surface area contributed by atoms with Crippen molar-refractivity contribution in [3.8, 4) is 11.8 Å². The second-order valence-electron chi connectivity index (χ2n) is 4.55. The molecule has 0 radical (unpaired) electrons. The van der Waals surface area contributed by atoms with E-state index in [2.05, 4.69) is 72.5 Å². The Morgan fingerprint density at radius 1 is 0.600 bits per heavy atom. The van der Waals surface area contributed by atoms with Crippen molar-refractivity contribution in [1.82, 2.24) is 0 Å². The van der Waals surface area contributed by atoms with Crippen LogP contribution in [0.2, 0.25) is 0 Å². The van der Waals surface area contributed by atoms with Gasteiger partial charge in [-0.3, -0.25) is 0 Å². The van der Waals surface area contributed by atoms with E-state index in [0.717, 1.165) is 9.75 Å². The number of fused-ring (bicyclic) bond motifs is 2. The van der Waals surface area contributed by atoms with E-state index in [0.29, 0.717) is 0 Å². The third-order valence-electron chi connectivity index (χ3n) is 3.16. The van der Waals surface area contributed by atoms with Crippen LogP contribution < -0.4 is 0 Å². The first-order chi connectivity index (χ1) is 9.88. The number of benzene rings is 2. The smallest absolute Gasteiger partial charge is 0.0785 e. The van der Waals surface area contributed by atoms with Crippen molar-refractivity contribution < 1.29 is 0 Å². The van der Waals surface area contributed by atoms with Gasteiger partial charge in [-0.1, -0.05) is 36.4 Å². The molecule has 4 aromatic rings. The van der Waals surface area contributed by atoms with Crippen molar-refractivity contribution in [1.29, 1.82) is 0 Å². The molecular weight excluding hydrogens is 280 g/mol. The lowest BCUT2D eigenvalue weighted by atomic mass is 10.2. The van der Waals surface area contributed by atoms with E-state index in [1.807, 2.05) is 0 Å². The lowest BCUT2D eigenvalue weighted by molar-refractivity contribution is 1.84. The van der Waals surface area contributed by atoms with Gasteiger partial charge in [-0.15, -0.1) is 22.7 Å². The third-order valence-corrected chi connectivity index (χ3v) is 5.22. The predicted octanol–water partition coefficient (Wildman–Crippen LogP) is 5.52. The minimum atomic E-state index is 1.13. The summed E-state index contributed by atoms with van der Waals surface area (Å²) in [5.41, 5.74) is 0. The van der Waals surface area contributed by atoms with Gasteiger partial charge in [0.25, 0.3) is 0 Å². The summed E-state index contributed by atoms with van der Waals surface area (Å²) in [4.78, 5) is 2.26. The van der Waals surface area contributed by atoms with Crippen LogP contribution in [-0.2, 0) is 0 Å². The summed E-state index contributed by atoms with van der Waals surface area (Å²) >= 11 is 3.51. The molecule has 0 amide bonds. The summed E-state index contributed by atoms with van der Waals surface area (Å²) in [6, 6.07) is 21.2. The van der Waals surface area contributed by atoms with Crippen LogP contribution in [0.3, 0.4) is 0 Å². The molecule has 0 N–H and O–H groups in total. The Balaban J connectivity index is 1.74. The summed E-state index contributed by atoms with van der Waals surface area (Å²) < 4.78 is 2.60. The minimum Gasteiger partial charge on any atom is -0.127 e. The SMILES string of the molecule is C(#Cc1cc2ccccc2s1)c1cc2ccccc2s1. The highest BCUT2D eigenvalue weighted by molar-refractivity contribution is 7.20. The molecule has 0 nitrogen and oxygen atoms in total. The van der Waals surface area contributed by atoms with Crippen molar-refractivity contribution in [2.24, 2.45) is 0 Å². The first-order valence-electron chi connectivity index (χ1n) is 6.38. The second kappa shape index (κ2) is 4.79. The molecule has 0 aliphatic rings. The summed E-state index contributed by atoms with van der Waals surface area (Å²) in [6.07, 6.45) is 0. The maximum Gasteiger partial charge on any atom is 0.0785 e. The molecule has 2 heterocycles. The Bertz CT molecular complexity index is 817. The van der Waals surface area contributed by atoms with Crippen LogP contribution in [0.5, 0.6) is 0 Å². The molecule has 0 bridgehead atoms. The molecule has 0 aliphatic heterocycles. The van der Waals surface area contributed by atoms with Gasteiger partial charge in [-0.05, 0) is 46.9 Å². The molecule has 4 rings (SSSR count). The monoisotopic (exact) mass is 290 g/mol. The third kappa shape index (κ3) is 2.12. The highest BCUT2D eigenvalue weighted by Crippen LogP contribution is 2.26. The molecule has 0 aliphatic carbocycles. The van der Waals surface area contributed by atoms with E-state index in [4.69, 9.17) is 0 Å². The van der Waals surface area contributed by atoms with Crippen molar-refractivity contribution in [3.05, 3.63) is 70.4 Å². The Morgan fingerprint density at radius 2 is 1.05 bits per heavy atom. The zero-order chi connectivity index (χ0) is 13.4. The second-order valence-corrected chi connectivity index (χ2v) is 6.71. The zero-order valence-electron chi connectivity index (χ0n) is 10.6. The van der Waals surface area contributed by atoms with Gasteiger partial charge in [-0.25, -0.2) is 0 Å². The highest BCUT2D eigenvalue weighted by atomic mass is 32.1. The Morgan fingerprint density at radius 3 is 1.50 bits per heavy atom. The lowest BCUT2D eigenvalue weighted by Gasteiger charge is -1.82. The van der Waals surface area contributed by atoms with Gasteiger partial charge in [0.2, 0.25) is 0 Å². The standard InChI is InChI=1S/C18H10S2/c1-3-7-17-13(5-1)11-15(19-17)9-10-16-12-14-6-2-4-8-18(14)20-16/h1-8,11-12H. The number of rotatable bonds is 0. The molecule has 94 valence electrons. The quantitative estimate of drug-likeness (QED) is 0.374. The largest absolute Gasteiger partial charge is 0.127 e. The van der Waals surface area contributed by atoms with Crippen LogP contribution in [0.15, 0.2) is 60.7 Å². The van der Waals surface area contributed by atoms with Gasteiger partial charge in [0, 0.05) is 9.40 Å². The van der Waals surface area contributed by atoms with Crippen LogP contribution in [-0.4, -0.2) is 0 Å².